The number of urea groups is 1. The van der Waals surface area contributed by atoms with Gasteiger partial charge in [0.25, 0.3) is 0 Å². The Morgan fingerprint density at radius 1 is 1.41 bits per heavy atom. The van der Waals surface area contributed by atoms with E-state index in [9.17, 15) is 9.59 Å². The van der Waals surface area contributed by atoms with Gasteiger partial charge in [0, 0.05) is 50.0 Å². The predicted octanol–water partition coefficient (Wildman–Crippen LogP) is 1.25. The minimum absolute atomic E-state index is 0. The summed E-state index contributed by atoms with van der Waals surface area (Å²) >= 11 is 6.07. The van der Waals surface area contributed by atoms with E-state index in [2.05, 4.69) is 31.9 Å². The van der Waals surface area contributed by atoms with Gasteiger partial charge in [0.1, 0.15) is 0 Å². The van der Waals surface area contributed by atoms with Crippen molar-refractivity contribution in [3.8, 4) is 0 Å². The first-order valence-electron chi connectivity index (χ1n) is 8.62. The predicted molar refractivity (Wildman–Crippen MR) is 117 cm³/mol. The lowest BCUT2D eigenvalue weighted by Crippen LogP contribution is -2.47. The lowest BCUT2D eigenvalue weighted by molar-refractivity contribution is -0.124. The lowest BCUT2D eigenvalue weighted by Gasteiger charge is -2.21. The van der Waals surface area contributed by atoms with Crippen LogP contribution in [0, 0.1) is 0 Å². The van der Waals surface area contributed by atoms with E-state index in [0.29, 0.717) is 19.0 Å². The molecule has 1 aromatic rings. The molecule has 2 heterocycles. The fraction of sp³-hybridized carbons (Fsp3) is 0.471. The summed E-state index contributed by atoms with van der Waals surface area (Å²) in [6.07, 6.45) is 0.986. The molecule has 8 nitrogen and oxygen atoms in total. The fourth-order valence-electron chi connectivity index (χ4n) is 3.14. The highest BCUT2D eigenvalue weighted by Crippen LogP contribution is 2.23. The molecule has 2 aliphatic rings. The number of carbonyl (C=O) groups is 2. The van der Waals surface area contributed by atoms with E-state index in [1.54, 1.807) is 7.05 Å². The summed E-state index contributed by atoms with van der Waals surface area (Å²) < 4.78 is 0. The van der Waals surface area contributed by atoms with Crippen LogP contribution in [0.1, 0.15) is 6.42 Å². The Labute approximate surface area is 180 Å². The summed E-state index contributed by atoms with van der Waals surface area (Å²) in [7, 11) is 1.70. The molecule has 3 rings (SSSR count). The SMILES string of the molecule is CN=C(NCCN1C(=O)CNC1=O)NC1CCN(c2cccc(Cl)c2)C1.I. The van der Waals surface area contributed by atoms with Gasteiger partial charge >= 0.3 is 6.03 Å². The maximum atomic E-state index is 11.6. The molecule has 2 fully saturated rings. The third kappa shape index (κ3) is 5.61. The summed E-state index contributed by atoms with van der Waals surface area (Å²) in [6, 6.07) is 7.77. The van der Waals surface area contributed by atoms with Crippen LogP contribution in [0.25, 0.3) is 0 Å². The molecular weight excluding hydrogens is 483 g/mol. The van der Waals surface area contributed by atoms with Crippen LogP contribution in [0.2, 0.25) is 5.02 Å². The molecule has 3 amide bonds. The van der Waals surface area contributed by atoms with Crippen molar-refractivity contribution in [2.24, 2.45) is 4.99 Å². The Bertz CT molecular complexity index is 700. The van der Waals surface area contributed by atoms with Gasteiger partial charge in [-0.2, -0.15) is 0 Å². The zero-order chi connectivity index (χ0) is 18.5. The second-order valence-corrected chi connectivity index (χ2v) is 6.70. The average Bonchev–Trinajstić information content (AvgIpc) is 3.22. The molecule has 2 saturated heterocycles. The maximum Gasteiger partial charge on any atom is 0.324 e. The molecule has 27 heavy (non-hydrogen) atoms. The first-order valence-corrected chi connectivity index (χ1v) is 9.00. The molecule has 148 valence electrons. The Balaban J connectivity index is 0.00000261. The summed E-state index contributed by atoms with van der Waals surface area (Å²) in [6.45, 7) is 2.63. The van der Waals surface area contributed by atoms with Crippen molar-refractivity contribution in [1.82, 2.24) is 20.9 Å². The molecule has 10 heteroatoms. The first kappa shape index (κ1) is 21.5. The van der Waals surface area contributed by atoms with Crippen LogP contribution in [0.15, 0.2) is 29.3 Å². The Kier molecular flexibility index (Phi) is 7.96. The zero-order valence-corrected chi connectivity index (χ0v) is 18.2. The Morgan fingerprint density at radius 2 is 2.22 bits per heavy atom. The number of benzene rings is 1. The summed E-state index contributed by atoms with van der Waals surface area (Å²) in [5.41, 5.74) is 1.11. The number of hydrogen-bond acceptors (Lipinski definition) is 4. The minimum atomic E-state index is -0.340. The number of aliphatic imine (C=N–C) groups is 1. The molecule has 1 aromatic carbocycles. The Morgan fingerprint density at radius 3 is 2.89 bits per heavy atom. The number of amides is 3. The van der Waals surface area contributed by atoms with E-state index in [-0.39, 0.29) is 48.5 Å². The molecule has 0 aliphatic carbocycles. The highest BCUT2D eigenvalue weighted by molar-refractivity contribution is 14.0. The van der Waals surface area contributed by atoms with Gasteiger partial charge in [0.2, 0.25) is 5.91 Å². The van der Waals surface area contributed by atoms with Crippen LogP contribution in [-0.2, 0) is 4.79 Å². The standard InChI is InChI=1S/C17H23ClN6O2.HI/c1-19-16(20-6-8-24-15(25)10-21-17(24)26)22-13-5-7-23(11-13)14-4-2-3-12(18)9-14;/h2-4,9,13H,5-8,10-11H2,1H3,(H,21,26)(H2,19,20,22);1H. The molecule has 0 aromatic heterocycles. The van der Waals surface area contributed by atoms with Gasteiger partial charge in [-0.05, 0) is 24.6 Å². The van der Waals surface area contributed by atoms with Crippen molar-refractivity contribution in [2.75, 3.05) is 44.7 Å². The molecule has 0 bridgehead atoms. The summed E-state index contributed by atoms with van der Waals surface area (Å²) in [5, 5.41) is 9.78. The first-order chi connectivity index (χ1) is 12.6. The smallest absolute Gasteiger partial charge is 0.324 e. The van der Waals surface area contributed by atoms with Gasteiger partial charge in [-0.25, -0.2) is 4.79 Å². The highest BCUT2D eigenvalue weighted by atomic mass is 127. The third-order valence-electron chi connectivity index (χ3n) is 4.49. The number of imide groups is 1. The molecular formula is C17H24ClIN6O2. The zero-order valence-electron chi connectivity index (χ0n) is 15.1. The van der Waals surface area contributed by atoms with E-state index in [4.69, 9.17) is 11.6 Å². The van der Waals surface area contributed by atoms with Gasteiger partial charge in [0.05, 0.1) is 6.54 Å². The van der Waals surface area contributed by atoms with Crippen LogP contribution >= 0.6 is 35.6 Å². The molecule has 3 N–H and O–H groups in total. The van der Waals surface area contributed by atoms with Crippen molar-refractivity contribution in [1.29, 1.82) is 0 Å². The second-order valence-electron chi connectivity index (χ2n) is 6.26. The van der Waals surface area contributed by atoms with E-state index in [0.717, 1.165) is 30.2 Å². The van der Waals surface area contributed by atoms with E-state index in [1.165, 1.54) is 4.90 Å². The van der Waals surface area contributed by atoms with Crippen molar-refractivity contribution >= 4 is 59.2 Å². The van der Waals surface area contributed by atoms with Crippen molar-refractivity contribution < 1.29 is 9.59 Å². The molecule has 0 saturated carbocycles. The van der Waals surface area contributed by atoms with E-state index < -0.39 is 0 Å². The normalized spacial score (nSPS) is 19.8. The van der Waals surface area contributed by atoms with Crippen LogP contribution in [0.3, 0.4) is 0 Å². The monoisotopic (exact) mass is 506 g/mol. The number of nitrogens with zero attached hydrogens (tertiary/aromatic N) is 3. The topological polar surface area (TPSA) is 89.1 Å². The van der Waals surface area contributed by atoms with Gasteiger partial charge in [-0.3, -0.25) is 14.7 Å². The van der Waals surface area contributed by atoms with E-state index >= 15 is 0 Å². The molecule has 2 aliphatic heterocycles. The van der Waals surface area contributed by atoms with Crippen LogP contribution in [0.5, 0.6) is 0 Å². The van der Waals surface area contributed by atoms with Gasteiger partial charge < -0.3 is 20.9 Å². The summed E-state index contributed by atoms with van der Waals surface area (Å²) in [5.74, 6) is 0.461. The van der Waals surface area contributed by atoms with Crippen LogP contribution in [-0.4, -0.2) is 68.6 Å². The lowest BCUT2D eigenvalue weighted by atomic mass is 10.3. The maximum absolute atomic E-state index is 11.6. The molecule has 0 radical (unpaired) electrons. The number of anilines is 1. The third-order valence-corrected chi connectivity index (χ3v) is 4.73. The second kappa shape index (κ2) is 9.98. The largest absolute Gasteiger partial charge is 0.369 e. The quantitative estimate of drug-likeness (QED) is 0.242. The molecule has 1 unspecified atom stereocenters. The van der Waals surface area contributed by atoms with E-state index in [1.807, 2.05) is 18.2 Å². The number of hydrogen-bond donors (Lipinski definition) is 3. The number of halogens is 2. The fourth-order valence-corrected chi connectivity index (χ4v) is 3.33. The van der Waals surface area contributed by atoms with Gasteiger partial charge in [-0.15, -0.1) is 24.0 Å². The summed E-state index contributed by atoms with van der Waals surface area (Å²) in [4.78, 5) is 30.8. The van der Waals surface area contributed by atoms with Gasteiger partial charge in [0.15, 0.2) is 5.96 Å². The van der Waals surface area contributed by atoms with Crippen LogP contribution < -0.4 is 20.9 Å². The van der Waals surface area contributed by atoms with Crippen molar-refractivity contribution in [3.05, 3.63) is 29.3 Å². The van der Waals surface area contributed by atoms with Crippen molar-refractivity contribution in [3.63, 3.8) is 0 Å². The minimum Gasteiger partial charge on any atom is -0.369 e. The molecule has 1 atom stereocenters. The highest BCUT2D eigenvalue weighted by Gasteiger charge is 2.28. The van der Waals surface area contributed by atoms with Gasteiger partial charge in [-0.1, -0.05) is 17.7 Å². The number of nitrogens with one attached hydrogen (secondary N) is 3. The number of guanidine groups is 1. The Hall–Kier alpha value is -1.75. The van der Waals surface area contributed by atoms with Crippen LogP contribution in [0.4, 0.5) is 10.5 Å². The van der Waals surface area contributed by atoms with Crippen molar-refractivity contribution in [2.45, 2.75) is 12.5 Å². The number of rotatable bonds is 5. The average molecular weight is 507 g/mol. The molecule has 0 spiro atoms. The number of carbonyl (C=O) groups excluding carboxylic acids is 2.